The lowest BCUT2D eigenvalue weighted by atomic mass is 10.1. The van der Waals surface area contributed by atoms with Crippen molar-refractivity contribution in [3.05, 3.63) is 224 Å². The number of nitrogens with zero attached hydrogens (tertiary/aromatic N) is 3. The highest BCUT2D eigenvalue weighted by Crippen LogP contribution is 2.38. The van der Waals surface area contributed by atoms with Crippen LogP contribution in [0.15, 0.2) is 217 Å². The van der Waals surface area contributed by atoms with Crippen molar-refractivity contribution in [1.82, 2.24) is 9.13 Å². The lowest BCUT2D eigenvalue weighted by molar-refractivity contribution is 0.669. The van der Waals surface area contributed by atoms with Crippen LogP contribution in [0.4, 0.5) is 5.69 Å². The molecule has 3 heterocycles. The minimum atomic E-state index is -2.94. The van der Waals surface area contributed by atoms with Gasteiger partial charge in [-0.3, -0.25) is 0 Å². The number of para-hydroxylation sites is 3. The standard InChI is InChI=1S/C55H35N3OSi/c1-56-37-27-32-52-47(33-37)44-21-8-12-25-51(44)58(52)39-15-14-20-43(34-39)60(40-16-4-2-5-17-40,41-18-6-3-7-19-41)42-30-28-38(29-31-42)57-50-24-11-9-22-45(50)48-35-49-46-23-10-13-26-54(46)59-55(49)36-53(48)57/h2-36H. The Hall–Kier alpha value is -7.91. The first kappa shape index (κ1) is 34.2. The van der Waals surface area contributed by atoms with Crippen LogP contribution in [-0.2, 0) is 0 Å². The van der Waals surface area contributed by atoms with E-state index in [-0.39, 0.29) is 0 Å². The molecule has 5 heteroatoms. The molecule has 280 valence electrons. The van der Waals surface area contributed by atoms with Crippen LogP contribution >= 0.6 is 0 Å². The first-order valence-electron chi connectivity index (χ1n) is 20.3. The van der Waals surface area contributed by atoms with Gasteiger partial charge in [-0.25, -0.2) is 4.85 Å². The lowest BCUT2D eigenvalue weighted by Crippen LogP contribution is -2.74. The average Bonchev–Trinajstić information content (AvgIpc) is 3.96. The van der Waals surface area contributed by atoms with Crippen molar-refractivity contribution < 1.29 is 4.42 Å². The molecule has 0 unspecified atom stereocenters. The Bertz CT molecular complexity index is 3630. The smallest absolute Gasteiger partial charge is 0.188 e. The van der Waals surface area contributed by atoms with Crippen LogP contribution in [0.1, 0.15) is 0 Å². The zero-order chi connectivity index (χ0) is 39.8. The quantitative estimate of drug-likeness (QED) is 0.0938. The summed E-state index contributed by atoms with van der Waals surface area (Å²) in [5.41, 5.74) is 9.11. The molecule has 4 nitrogen and oxygen atoms in total. The predicted molar refractivity (Wildman–Crippen MR) is 252 cm³/mol. The van der Waals surface area contributed by atoms with Crippen molar-refractivity contribution in [1.29, 1.82) is 0 Å². The first-order valence-corrected chi connectivity index (χ1v) is 22.3. The Morgan fingerprint density at radius 1 is 0.350 bits per heavy atom. The number of furan rings is 1. The molecule has 60 heavy (non-hydrogen) atoms. The second-order valence-electron chi connectivity index (χ2n) is 15.6. The number of hydrogen-bond acceptors (Lipinski definition) is 1. The van der Waals surface area contributed by atoms with Gasteiger partial charge in [0.15, 0.2) is 13.8 Å². The van der Waals surface area contributed by atoms with Crippen LogP contribution in [-0.4, -0.2) is 17.2 Å². The summed E-state index contributed by atoms with van der Waals surface area (Å²) >= 11 is 0. The van der Waals surface area contributed by atoms with Crippen molar-refractivity contribution >= 4 is 100 Å². The van der Waals surface area contributed by atoms with E-state index in [1.807, 2.05) is 24.3 Å². The van der Waals surface area contributed by atoms with E-state index in [9.17, 15) is 0 Å². The summed E-state index contributed by atoms with van der Waals surface area (Å²) in [4.78, 5) is 3.77. The van der Waals surface area contributed by atoms with Crippen molar-refractivity contribution in [2.24, 2.45) is 0 Å². The summed E-state index contributed by atoms with van der Waals surface area (Å²) in [5, 5.41) is 12.1. The lowest BCUT2D eigenvalue weighted by Gasteiger charge is -2.35. The normalized spacial score (nSPS) is 12.0. The summed E-state index contributed by atoms with van der Waals surface area (Å²) in [6.07, 6.45) is 0. The van der Waals surface area contributed by atoms with Crippen LogP contribution in [0.5, 0.6) is 0 Å². The van der Waals surface area contributed by atoms with Crippen molar-refractivity contribution in [2.75, 3.05) is 0 Å². The molecule has 0 saturated heterocycles. The molecule has 0 bridgehead atoms. The largest absolute Gasteiger partial charge is 0.456 e. The van der Waals surface area contributed by atoms with Gasteiger partial charge in [0.1, 0.15) is 11.2 Å². The van der Waals surface area contributed by atoms with Gasteiger partial charge >= 0.3 is 0 Å². The highest BCUT2D eigenvalue weighted by Gasteiger charge is 2.41. The van der Waals surface area contributed by atoms with Gasteiger partial charge in [0.25, 0.3) is 0 Å². The maximum atomic E-state index is 7.73. The molecule has 12 rings (SSSR count). The molecule has 0 amide bonds. The fraction of sp³-hybridized carbons (Fsp3) is 0. The maximum Gasteiger partial charge on any atom is 0.188 e. The Labute approximate surface area is 347 Å². The van der Waals surface area contributed by atoms with E-state index in [0.717, 1.165) is 66.2 Å². The van der Waals surface area contributed by atoms with E-state index in [0.29, 0.717) is 5.69 Å². The Balaban J connectivity index is 1.09. The SMILES string of the molecule is [C-]#[N+]c1ccc2c(c1)c1ccccc1n2-c1cccc([Si](c2ccccc2)(c2ccccc2)c2ccc(-n3c4ccccc4c4cc5c(cc43)oc3ccccc35)cc2)c1. The minimum absolute atomic E-state index is 0.644. The Morgan fingerprint density at radius 2 is 0.900 bits per heavy atom. The van der Waals surface area contributed by atoms with Gasteiger partial charge in [-0.15, -0.1) is 0 Å². The molecule has 0 spiro atoms. The molecule has 0 atom stereocenters. The maximum absolute atomic E-state index is 7.73. The summed E-state index contributed by atoms with van der Waals surface area (Å²) in [7, 11) is -2.94. The highest BCUT2D eigenvalue weighted by atomic mass is 28.3. The zero-order valence-corrected chi connectivity index (χ0v) is 33.5. The Kier molecular flexibility index (Phi) is 7.58. The van der Waals surface area contributed by atoms with E-state index in [4.69, 9.17) is 11.0 Å². The molecule has 0 fully saturated rings. The predicted octanol–water partition coefficient (Wildman–Crippen LogP) is 11.7. The summed E-state index contributed by atoms with van der Waals surface area (Å²) in [5.74, 6) is 0. The zero-order valence-electron chi connectivity index (χ0n) is 32.5. The number of aromatic nitrogens is 2. The highest BCUT2D eigenvalue weighted by molar-refractivity contribution is 7.19. The van der Waals surface area contributed by atoms with Gasteiger partial charge in [0, 0.05) is 44.4 Å². The molecule has 12 aromatic rings. The van der Waals surface area contributed by atoms with Crippen LogP contribution in [0, 0.1) is 6.57 Å². The first-order chi connectivity index (χ1) is 29.7. The van der Waals surface area contributed by atoms with Crippen molar-refractivity contribution in [3.8, 4) is 11.4 Å². The third kappa shape index (κ3) is 4.95. The second-order valence-corrected chi connectivity index (χ2v) is 19.4. The van der Waals surface area contributed by atoms with Gasteiger partial charge in [-0.1, -0.05) is 146 Å². The van der Waals surface area contributed by atoms with Gasteiger partial charge in [-0.05, 0) is 86.8 Å². The van der Waals surface area contributed by atoms with E-state index in [1.165, 1.54) is 31.5 Å². The molecular formula is C55H35N3OSi. The molecule has 0 aliphatic heterocycles. The molecule has 0 radical (unpaired) electrons. The minimum Gasteiger partial charge on any atom is -0.456 e. The van der Waals surface area contributed by atoms with E-state index >= 15 is 0 Å². The second kappa shape index (κ2) is 13.3. The van der Waals surface area contributed by atoms with Gasteiger partial charge in [-0.2, -0.15) is 0 Å². The van der Waals surface area contributed by atoms with Crippen molar-refractivity contribution in [2.45, 2.75) is 0 Å². The summed E-state index contributed by atoms with van der Waals surface area (Å²) in [6, 6.07) is 76.9. The molecule has 0 N–H and O–H groups in total. The average molecular weight is 782 g/mol. The molecular weight excluding hydrogens is 747 g/mol. The van der Waals surface area contributed by atoms with Crippen LogP contribution in [0.3, 0.4) is 0 Å². The fourth-order valence-electron chi connectivity index (χ4n) is 9.89. The summed E-state index contributed by atoms with van der Waals surface area (Å²) in [6.45, 7) is 7.73. The van der Waals surface area contributed by atoms with Crippen LogP contribution in [0.25, 0.3) is 81.8 Å². The number of fused-ring (bicyclic) bond motifs is 9. The Morgan fingerprint density at radius 3 is 1.58 bits per heavy atom. The van der Waals surface area contributed by atoms with E-state index in [1.54, 1.807) is 0 Å². The van der Waals surface area contributed by atoms with E-state index in [2.05, 4.69) is 202 Å². The number of benzene rings is 9. The molecule has 9 aromatic carbocycles. The van der Waals surface area contributed by atoms with Gasteiger partial charge < -0.3 is 13.6 Å². The monoisotopic (exact) mass is 781 g/mol. The molecule has 0 aliphatic rings. The topological polar surface area (TPSA) is 27.4 Å². The van der Waals surface area contributed by atoms with Crippen LogP contribution in [0.2, 0.25) is 0 Å². The molecule has 0 saturated carbocycles. The molecule has 0 aliphatic carbocycles. The van der Waals surface area contributed by atoms with E-state index < -0.39 is 8.07 Å². The third-order valence-electron chi connectivity index (χ3n) is 12.5. The molecule has 3 aromatic heterocycles. The van der Waals surface area contributed by atoms with Gasteiger partial charge in [0.2, 0.25) is 0 Å². The fourth-order valence-corrected chi connectivity index (χ4v) is 14.7. The number of hydrogen-bond donors (Lipinski definition) is 0. The summed E-state index contributed by atoms with van der Waals surface area (Å²) < 4.78 is 11.2. The number of rotatable bonds is 6. The van der Waals surface area contributed by atoms with Crippen LogP contribution < -0.4 is 20.7 Å². The third-order valence-corrected chi connectivity index (χ3v) is 17.2. The van der Waals surface area contributed by atoms with Gasteiger partial charge in [0.05, 0.1) is 28.6 Å². The van der Waals surface area contributed by atoms with Crippen molar-refractivity contribution in [3.63, 3.8) is 0 Å².